The lowest BCUT2D eigenvalue weighted by Crippen LogP contribution is -2.18. The van der Waals surface area contributed by atoms with Crippen molar-refractivity contribution in [3.8, 4) is 11.5 Å². The minimum absolute atomic E-state index is 0.654. The van der Waals surface area contributed by atoms with Gasteiger partial charge in [-0.1, -0.05) is 19.9 Å². The maximum atomic E-state index is 5.48. The first kappa shape index (κ1) is 13.8. The smallest absolute Gasteiger partial charge is 0.161 e. The molecule has 1 N–H and O–H groups in total. The Balaban J connectivity index is 2.62. The summed E-state index contributed by atoms with van der Waals surface area (Å²) in [5, 5.41) is 3.41. The fourth-order valence-corrected chi connectivity index (χ4v) is 1.60. The van der Waals surface area contributed by atoms with Crippen molar-refractivity contribution in [1.82, 2.24) is 5.32 Å². The Morgan fingerprint density at radius 1 is 1.24 bits per heavy atom. The fraction of sp³-hybridized carbons (Fsp3) is 0.571. The highest BCUT2D eigenvalue weighted by atomic mass is 16.5. The lowest BCUT2D eigenvalue weighted by Gasteiger charge is -2.12. The number of benzene rings is 1. The first-order chi connectivity index (χ1) is 8.17. The largest absolute Gasteiger partial charge is 0.493 e. The average Bonchev–Trinajstić information content (AvgIpc) is 2.30. The zero-order valence-electron chi connectivity index (χ0n) is 11.2. The highest BCUT2D eigenvalue weighted by Gasteiger charge is 2.05. The van der Waals surface area contributed by atoms with Gasteiger partial charge in [-0.15, -0.1) is 0 Å². The molecule has 1 rings (SSSR count). The summed E-state index contributed by atoms with van der Waals surface area (Å²) in [6, 6.07) is 6.06. The van der Waals surface area contributed by atoms with Gasteiger partial charge in [0.1, 0.15) is 0 Å². The number of hydrogen-bond acceptors (Lipinski definition) is 3. The minimum atomic E-state index is 0.654. The van der Waals surface area contributed by atoms with Crippen LogP contribution in [0.1, 0.15) is 26.3 Å². The Hall–Kier alpha value is -1.22. The average molecular weight is 237 g/mol. The molecule has 0 heterocycles. The Bertz CT molecular complexity index is 337. The molecule has 17 heavy (non-hydrogen) atoms. The molecular formula is C14H23NO2. The van der Waals surface area contributed by atoms with Crippen molar-refractivity contribution >= 4 is 0 Å². The van der Waals surface area contributed by atoms with Crippen LogP contribution in [0, 0.1) is 5.92 Å². The lowest BCUT2D eigenvalue weighted by molar-refractivity contribution is 0.310. The molecule has 96 valence electrons. The number of rotatable bonds is 7. The van der Waals surface area contributed by atoms with Crippen LogP contribution >= 0.6 is 0 Å². The predicted molar refractivity (Wildman–Crippen MR) is 70.7 cm³/mol. The quantitative estimate of drug-likeness (QED) is 0.791. The molecule has 0 fully saturated rings. The monoisotopic (exact) mass is 237 g/mol. The van der Waals surface area contributed by atoms with Gasteiger partial charge in [0.05, 0.1) is 13.7 Å². The van der Waals surface area contributed by atoms with Crippen LogP contribution in [0.25, 0.3) is 0 Å². The molecule has 0 saturated carbocycles. The summed E-state index contributed by atoms with van der Waals surface area (Å²) in [5.74, 6) is 2.28. The van der Waals surface area contributed by atoms with Crippen molar-refractivity contribution in [2.45, 2.75) is 27.3 Å². The predicted octanol–water partition coefficient (Wildman–Crippen LogP) is 2.84. The van der Waals surface area contributed by atoms with E-state index in [0.29, 0.717) is 12.5 Å². The molecule has 1 aromatic carbocycles. The maximum Gasteiger partial charge on any atom is 0.161 e. The topological polar surface area (TPSA) is 30.5 Å². The summed E-state index contributed by atoms with van der Waals surface area (Å²) in [6.45, 7) is 8.91. The molecule has 0 bridgehead atoms. The van der Waals surface area contributed by atoms with Crippen LogP contribution in [0.4, 0.5) is 0 Å². The molecule has 0 saturated heterocycles. The van der Waals surface area contributed by atoms with Crippen LogP contribution in [0.5, 0.6) is 11.5 Å². The van der Waals surface area contributed by atoms with E-state index < -0.39 is 0 Å². The van der Waals surface area contributed by atoms with Gasteiger partial charge in [0.25, 0.3) is 0 Å². The van der Waals surface area contributed by atoms with Gasteiger partial charge in [-0.2, -0.15) is 0 Å². The third-order valence-corrected chi connectivity index (χ3v) is 2.41. The molecule has 3 nitrogen and oxygen atoms in total. The Morgan fingerprint density at radius 3 is 2.59 bits per heavy atom. The summed E-state index contributed by atoms with van der Waals surface area (Å²) in [4.78, 5) is 0. The molecule has 1 aromatic rings. The summed E-state index contributed by atoms with van der Waals surface area (Å²) in [5.41, 5.74) is 1.21. The lowest BCUT2D eigenvalue weighted by atomic mass is 10.2. The molecule has 0 aliphatic rings. The number of methoxy groups -OCH3 is 1. The summed E-state index contributed by atoms with van der Waals surface area (Å²) >= 11 is 0. The molecule has 0 aliphatic heterocycles. The van der Waals surface area contributed by atoms with Crippen LogP contribution in [0.2, 0.25) is 0 Å². The molecular weight excluding hydrogens is 214 g/mol. The van der Waals surface area contributed by atoms with E-state index in [-0.39, 0.29) is 0 Å². The van der Waals surface area contributed by atoms with Crippen molar-refractivity contribution < 1.29 is 9.47 Å². The van der Waals surface area contributed by atoms with Gasteiger partial charge in [-0.25, -0.2) is 0 Å². The first-order valence-corrected chi connectivity index (χ1v) is 6.17. The minimum Gasteiger partial charge on any atom is -0.493 e. The van der Waals surface area contributed by atoms with Gasteiger partial charge < -0.3 is 14.8 Å². The molecule has 0 amide bonds. The van der Waals surface area contributed by atoms with E-state index in [0.717, 1.165) is 24.6 Å². The van der Waals surface area contributed by atoms with Crippen LogP contribution in [0.3, 0.4) is 0 Å². The van der Waals surface area contributed by atoms with Gasteiger partial charge >= 0.3 is 0 Å². The van der Waals surface area contributed by atoms with Crippen LogP contribution in [-0.2, 0) is 6.54 Å². The van der Waals surface area contributed by atoms with E-state index in [1.54, 1.807) is 7.11 Å². The van der Waals surface area contributed by atoms with Crippen LogP contribution in [-0.4, -0.2) is 20.3 Å². The van der Waals surface area contributed by atoms with E-state index >= 15 is 0 Å². The Kier molecular flexibility index (Phi) is 5.84. The highest BCUT2D eigenvalue weighted by Crippen LogP contribution is 2.27. The Morgan fingerprint density at radius 2 is 2.00 bits per heavy atom. The molecule has 0 aromatic heterocycles. The van der Waals surface area contributed by atoms with Gasteiger partial charge in [0.15, 0.2) is 11.5 Å². The molecule has 0 radical (unpaired) electrons. The van der Waals surface area contributed by atoms with Crippen LogP contribution in [0.15, 0.2) is 18.2 Å². The molecule has 0 spiro atoms. The standard InChI is InChI=1S/C14H23NO2/c1-5-17-13-7-6-12(8-14(13)16-4)10-15-9-11(2)3/h6-8,11,15H,5,9-10H2,1-4H3. The van der Waals surface area contributed by atoms with Gasteiger partial charge in [-0.05, 0) is 37.1 Å². The summed E-state index contributed by atoms with van der Waals surface area (Å²) in [7, 11) is 1.67. The van der Waals surface area contributed by atoms with Crippen LogP contribution < -0.4 is 14.8 Å². The van der Waals surface area contributed by atoms with E-state index in [1.807, 2.05) is 19.1 Å². The zero-order valence-corrected chi connectivity index (χ0v) is 11.2. The third-order valence-electron chi connectivity index (χ3n) is 2.41. The fourth-order valence-electron chi connectivity index (χ4n) is 1.60. The highest BCUT2D eigenvalue weighted by molar-refractivity contribution is 5.42. The van der Waals surface area contributed by atoms with E-state index in [9.17, 15) is 0 Å². The van der Waals surface area contributed by atoms with Gasteiger partial charge in [0, 0.05) is 6.54 Å². The van der Waals surface area contributed by atoms with Crippen molar-refractivity contribution in [3.63, 3.8) is 0 Å². The van der Waals surface area contributed by atoms with E-state index in [1.165, 1.54) is 5.56 Å². The SMILES string of the molecule is CCOc1ccc(CNCC(C)C)cc1OC. The number of nitrogens with one attached hydrogen (secondary N) is 1. The molecule has 0 aliphatic carbocycles. The zero-order chi connectivity index (χ0) is 12.7. The van der Waals surface area contributed by atoms with Crippen molar-refractivity contribution in [1.29, 1.82) is 0 Å². The second kappa shape index (κ2) is 7.17. The summed E-state index contributed by atoms with van der Waals surface area (Å²) in [6.07, 6.45) is 0. The number of hydrogen-bond donors (Lipinski definition) is 1. The van der Waals surface area contributed by atoms with Crippen molar-refractivity contribution in [2.24, 2.45) is 5.92 Å². The normalized spacial score (nSPS) is 10.6. The van der Waals surface area contributed by atoms with Crippen molar-refractivity contribution in [3.05, 3.63) is 23.8 Å². The van der Waals surface area contributed by atoms with Gasteiger partial charge in [-0.3, -0.25) is 0 Å². The second-order valence-corrected chi connectivity index (χ2v) is 4.44. The number of ether oxygens (including phenoxy) is 2. The summed E-state index contributed by atoms with van der Waals surface area (Å²) < 4.78 is 10.8. The third kappa shape index (κ3) is 4.65. The van der Waals surface area contributed by atoms with E-state index in [4.69, 9.17) is 9.47 Å². The van der Waals surface area contributed by atoms with E-state index in [2.05, 4.69) is 25.2 Å². The maximum absolute atomic E-state index is 5.48. The molecule has 0 atom stereocenters. The molecule has 3 heteroatoms. The Labute approximate surface area is 104 Å². The second-order valence-electron chi connectivity index (χ2n) is 4.44. The van der Waals surface area contributed by atoms with Gasteiger partial charge in [0.2, 0.25) is 0 Å². The first-order valence-electron chi connectivity index (χ1n) is 6.17. The molecule has 0 unspecified atom stereocenters. The van der Waals surface area contributed by atoms with Crippen molar-refractivity contribution in [2.75, 3.05) is 20.3 Å².